The monoisotopic (exact) mass is 346 g/mol. The van der Waals surface area contributed by atoms with E-state index in [1.54, 1.807) is 19.1 Å². The number of aryl methyl sites for hydroxylation is 1. The summed E-state index contributed by atoms with van der Waals surface area (Å²) in [5.74, 6) is -0.504. The van der Waals surface area contributed by atoms with Crippen molar-refractivity contribution in [2.75, 3.05) is 12.4 Å². The zero-order valence-corrected chi connectivity index (χ0v) is 13.4. The number of hydrogen-bond acceptors (Lipinski definition) is 6. The van der Waals surface area contributed by atoms with E-state index >= 15 is 0 Å². The van der Waals surface area contributed by atoms with Gasteiger partial charge >= 0.3 is 0 Å². The molecular formula is C11H11ClN4O3S2. The first-order valence-corrected chi connectivity index (χ1v) is 8.36. The Morgan fingerprint density at radius 1 is 1.33 bits per heavy atom. The van der Waals surface area contributed by atoms with Crippen LogP contribution in [0.2, 0.25) is 4.47 Å². The van der Waals surface area contributed by atoms with E-state index in [-0.39, 0.29) is 14.4 Å². The molecule has 0 saturated heterocycles. The highest BCUT2D eigenvalue weighted by molar-refractivity contribution is 7.89. The fraction of sp³-hybridized carbons (Fsp3) is 0.182. The van der Waals surface area contributed by atoms with Crippen LogP contribution < -0.4 is 10.0 Å². The van der Waals surface area contributed by atoms with Gasteiger partial charge < -0.3 is 5.32 Å². The molecule has 1 aromatic heterocycles. The predicted molar refractivity (Wildman–Crippen MR) is 80.3 cm³/mol. The van der Waals surface area contributed by atoms with Gasteiger partial charge in [-0.25, -0.2) is 13.1 Å². The Labute approximate surface area is 130 Å². The van der Waals surface area contributed by atoms with Crippen molar-refractivity contribution < 1.29 is 13.2 Å². The minimum absolute atomic E-state index is 0.0955. The Morgan fingerprint density at radius 2 is 2.05 bits per heavy atom. The van der Waals surface area contributed by atoms with E-state index in [1.807, 2.05) is 0 Å². The van der Waals surface area contributed by atoms with Crippen LogP contribution in [0, 0.1) is 6.92 Å². The molecule has 0 aliphatic carbocycles. The van der Waals surface area contributed by atoms with Crippen LogP contribution in [0.25, 0.3) is 0 Å². The van der Waals surface area contributed by atoms with Crippen LogP contribution in [0.5, 0.6) is 0 Å². The van der Waals surface area contributed by atoms with Crippen molar-refractivity contribution in [1.29, 1.82) is 0 Å². The first-order valence-electron chi connectivity index (χ1n) is 5.68. The van der Waals surface area contributed by atoms with E-state index in [0.29, 0.717) is 11.3 Å². The van der Waals surface area contributed by atoms with Crippen molar-refractivity contribution in [2.45, 2.75) is 11.8 Å². The summed E-state index contributed by atoms with van der Waals surface area (Å²) in [6.07, 6.45) is 0. The lowest BCUT2D eigenvalue weighted by molar-refractivity contribution is 0.102. The predicted octanol–water partition coefficient (Wildman–Crippen LogP) is 1.66. The van der Waals surface area contributed by atoms with Gasteiger partial charge in [0, 0.05) is 5.69 Å². The number of carbonyl (C=O) groups is 1. The minimum Gasteiger partial charge on any atom is -0.320 e. The quantitative estimate of drug-likeness (QED) is 0.876. The lowest BCUT2D eigenvalue weighted by atomic mass is 10.2. The molecule has 2 N–H and O–H groups in total. The van der Waals surface area contributed by atoms with Gasteiger partial charge in [0.05, 0.1) is 4.90 Å². The van der Waals surface area contributed by atoms with Crippen molar-refractivity contribution in [3.63, 3.8) is 0 Å². The highest BCUT2D eigenvalue weighted by Gasteiger charge is 2.17. The van der Waals surface area contributed by atoms with Gasteiger partial charge in [-0.05, 0) is 43.3 Å². The highest BCUT2D eigenvalue weighted by Crippen LogP contribution is 2.21. The van der Waals surface area contributed by atoms with Gasteiger partial charge in [0.2, 0.25) is 19.5 Å². The third-order valence-electron chi connectivity index (χ3n) is 2.60. The molecule has 0 bridgehead atoms. The third-order valence-corrected chi connectivity index (χ3v) is 5.17. The lowest BCUT2D eigenvalue weighted by Crippen LogP contribution is -2.20. The summed E-state index contributed by atoms with van der Waals surface area (Å²) in [5.41, 5.74) is 0.909. The normalized spacial score (nSPS) is 11.4. The van der Waals surface area contributed by atoms with Gasteiger partial charge in [0.25, 0.3) is 5.91 Å². The maximum atomic E-state index is 11.9. The fourth-order valence-electron chi connectivity index (χ4n) is 1.56. The average molecular weight is 347 g/mol. The summed E-state index contributed by atoms with van der Waals surface area (Å²) in [4.78, 5) is 12.0. The molecule has 0 radical (unpaired) electrons. The van der Waals surface area contributed by atoms with Crippen LogP contribution in [0.4, 0.5) is 5.69 Å². The molecule has 0 fully saturated rings. The molecule has 1 aromatic carbocycles. The first kappa shape index (κ1) is 15.8. The van der Waals surface area contributed by atoms with Crippen LogP contribution >= 0.6 is 22.9 Å². The Morgan fingerprint density at radius 3 is 2.62 bits per heavy atom. The molecule has 1 amide bonds. The van der Waals surface area contributed by atoms with Crippen molar-refractivity contribution in [1.82, 2.24) is 14.9 Å². The molecule has 2 aromatic rings. The van der Waals surface area contributed by atoms with Crippen LogP contribution in [0.1, 0.15) is 15.4 Å². The number of benzene rings is 1. The maximum absolute atomic E-state index is 11.9. The number of amides is 1. The number of halogens is 1. The number of aromatic nitrogens is 2. The Bertz CT molecular complexity index is 789. The molecule has 21 heavy (non-hydrogen) atoms. The van der Waals surface area contributed by atoms with Crippen molar-refractivity contribution in [3.05, 3.63) is 33.2 Å². The summed E-state index contributed by atoms with van der Waals surface area (Å²) in [5, 5.41) is 9.79. The number of carbonyl (C=O) groups excluding carboxylic acids is 1. The number of nitrogens with zero attached hydrogens (tertiary/aromatic N) is 2. The molecule has 112 valence electrons. The summed E-state index contributed by atoms with van der Waals surface area (Å²) >= 11 is 6.54. The summed E-state index contributed by atoms with van der Waals surface area (Å²) in [6.45, 7) is 1.67. The van der Waals surface area contributed by atoms with Crippen LogP contribution in [-0.2, 0) is 10.0 Å². The average Bonchev–Trinajstić information content (AvgIpc) is 2.87. The van der Waals surface area contributed by atoms with Crippen molar-refractivity contribution in [3.8, 4) is 0 Å². The minimum atomic E-state index is -3.60. The Balaban J connectivity index is 2.30. The number of rotatable bonds is 4. The van der Waals surface area contributed by atoms with E-state index < -0.39 is 15.9 Å². The molecule has 0 spiro atoms. The molecule has 7 nitrogen and oxygen atoms in total. The van der Waals surface area contributed by atoms with E-state index in [0.717, 1.165) is 11.3 Å². The molecule has 0 atom stereocenters. The van der Waals surface area contributed by atoms with Gasteiger partial charge in [-0.1, -0.05) is 17.4 Å². The molecule has 2 rings (SSSR count). The van der Waals surface area contributed by atoms with E-state index in [4.69, 9.17) is 11.6 Å². The summed E-state index contributed by atoms with van der Waals surface area (Å²) in [6, 6.07) is 4.58. The molecule has 10 heteroatoms. The molecule has 1 heterocycles. The second-order valence-corrected chi connectivity index (χ2v) is 7.42. The van der Waals surface area contributed by atoms with Gasteiger partial charge in [-0.2, -0.15) is 0 Å². The van der Waals surface area contributed by atoms with Crippen molar-refractivity contribution >= 4 is 44.6 Å². The fourth-order valence-corrected chi connectivity index (χ4v) is 3.28. The van der Waals surface area contributed by atoms with Crippen LogP contribution in [0.15, 0.2) is 23.1 Å². The third kappa shape index (κ3) is 3.56. The van der Waals surface area contributed by atoms with Crippen LogP contribution in [0.3, 0.4) is 0 Å². The van der Waals surface area contributed by atoms with Crippen molar-refractivity contribution in [2.24, 2.45) is 0 Å². The largest absolute Gasteiger partial charge is 0.320 e. The topological polar surface area (TPSA) is 101 Å². The van der Waals surface area contributed by atoms with Gasteiger partial charge in [0.15, 0.2) is 0 Å². The van der Waals surface area contributed by atoms with E-state index in [9.17, 15) is 13.2 Å². The highest BCUT2D eigenvalue weighted by atomic mass is 35.5. The lowest BCUT2D eigenvalue weighted by Gasteiger charge is -2.09. The first-order chi connectivity index (χ1) is 9.83. The Hall–Kier alpha value is -1.55. The zero-order valence-electron chi connectivity index (χ0n) is 11.0. The van der Waals surface area contributed by atoms with Crippen LogP contribution in [-0.4, -0.2) is 31.6 Å². The second-order valence-electron chi connectivity index (χ2n) is 4.00. The van der Waals surface area contributed by atoms with E-state index in [2.05, 4.69) is 20.2 Å². The molecular weight excluding hydrogens is 336 g/mol. The number of sulfonamides is 1. The maximum Gasteiger partial charge on any atom is 0.286 e. The number of nitrogens with one attached hydrogen (secondary N) is 2. The Kier molecular flexibility index (Phi) is 4.57. The zero-order chi connectivity index (χ0) is 15.6. The van der Waals surface area contributed by atoms with Gasteiger partial charge in [0.1, 0.15) is 0 Å². The smallest absolute Gasteiger partial charge is 0.286 e. The molecule has 0 aliphatic rings. The molecule has 0 saturated carbocycles. The summed E-state index contributed by atoms with van der Waals surface area (Å²) < 4.78 is 26.1. The second kappa shape index (κ2) is 6.06. The number of anilines is 1. The molecule has 0 unspecified atom stereocenters. The molecule has 0 aliphatic heterocycles. The van der Waals surface area contributed by atoms with Gasteiger partial charge in [-0.3, -0.25) is 4.79 Å². The SMILES string of the molecule is CNS(=O)(=O)c1cc(NC(=O)c2nnc(Cl)s2)ccc1C. The van der Waals surface area contributed by atoms with Gasteiger partial charge in [-0.15, -0.1) is 10.2 Å². The standard InChI is InChI=1S/C11H11ClN4O3S2/c1-6-3-4-7(5-8(6)21(18,19)13-2)14-9(17)10-15-16-11(12)20-10/h3-5,13H,1-2H3,(H,14,17). The summed E-state index contributed by atoms with van der Waals surface area (Å²) in [7, 11) is -2.27. The number of hydrogen-bond donors (Lipinski definition) is 2. The van der Waals surface area contributed by atoms with E-state index in [1.165, 1.54) is 13.1 Å².